The number of rotatable bonds is 4. The third kappa shape index (κ3) is 3.56. The molecule has 132 valence electrons. The van der Waals surface area contributed by atoms with E-state index in [4.69, 9.17) is 15.2 Å². The fourth-order valence-electron chi connectivity index (χ4n) is 2.68. The van der Waals surface area contributed by atoms with Gasteiger partial charge in [-0.15, -0.1) is 12.4 Å². The van der Waals surface area contributed by atoms with Gasteiger partial charge in [0.05, 0.1) is 19.9 Å². The molecule has 0 atom stereocenters. The van der Waals surface area contributed by atoms with Gasteiger partial charge in [-0.3, -0.25) is 0 Å². The van der Waals surface area contributed by atoms with Crippen LogP contribution >= 0.6 is 12.4 Å². The average molecular weight is 360 g/mol. The molecule has 6 heteroatoms. The highest BCUT2D eigenvalue weighted by atomic mass is 35.5. The average Bonchev–Trinajstić information content (AvgIpc) is 2.60. The van der Waals surface area contributed by atoms with E-state index in [0.29, 0.717) is 17.3 Å². The monoisotopic (exact) mass is 359 g/mol. The Morgan fingerprint density at radius 1 is 0.920 bits per heavy atom. The van der Waals surface area contributed by atoms with Crippen molar-refractivity contribution < 1.29 is 9.47 Å². The number of methoxy groups -OCH3 is 2. The van der Waals surface area contributed by atoms with E-state index in [1.807, 2.05) is 43.3 Å². The molecule has 0 amide bonds. The van der Waals surface area contributed by atoms with Gasteiger partial charge in [0.25, 0.3) is 0 Å². The van der Waals surface area contributed by atoms with E-state index in [9.17, 15) is 0 Å². The number of halogens is 1. The topological polar surface area (TPSA) is 60.6 Å². The van der Waals surface area contributed by atoms with E-state index in [1.54, 1.807) is 14.2 Å². The van der Waals surface area contributed by atoms with E-state index in [0.717, 1.165) is 27.7 Å². The highest BCUT2D eigenvalue weighted by molar-refractivity contribution is 5.96. The van der Waals surface area contributed by atoms with Crippen LogP contribution in [-0.2, 0) is 0 Å². The normalized spacial score (nSPS) is 10.2. The Balaban J connectivity index is 0.00000225. The fraction of sp³-hybridized carbons (Fsp3) is 0.211. The summed E-state index contributed by atoms with van der Waals surface area (Å²) >= 11 is 0. The Morgan fingerprint density at radius 2 is 1.64 bits per heavy atom. The van der Waals surface area contributed by atoms with Crippen LogP contribution in [0.2, 0.25) is 0 Å². The van der Waals surface area contributed by atoms with Crippen molar-refractivity contribution in [1.29, 1.82) is 0 Å². The van der Waals surface area contributed by atoms with Crippen LogP contribution in [0.1, 0.15) is 0 Å². The van der Waals surface area contributed by atoms with E-state index in [1.165, 1.54) is 0 Å². The molecule has 1 heterocycles. The number of nitrogens with two attached hydrogens (primary N) is 1. The summed E-state index contributed by atoms with van der Waals surface area (Å²) < 4.78 is 10.7. The van der Waals surface area contributed by atoms with Crippen molar-refractivity contribution in [2.45, 2.75) is 0 Å². The zero-order valence-electron chi connectivity index (χ0n) is 14.7. The minimum atomic E-state index is 0. The van der Waals surface area contributed by atoms with Gasteiger partial charge in [0.15, 0.2) is 11.5 Å². The lowest BCUT2D eigenvalue weighted by atomic mass is 10.1. The molecule has 3 rings (SSSR count). The predicted octanol–water partition coefficient (Wildman–Crippen LogP) is 3.99. The molecule has 3 aromatic rings. The summed E-state index contributed by atoms with van der Waals surface area (Å²) in [5.74, 6) is 1.87. The molecule has 0 saturated carbocycles. The van der Waals surface area contributed by atoms with Crippen molar-refractivity contribution in [2.75, 3.05) is 38.9 Å². The largest absolute Gasteiger partial charge is 0.493 e. The van der Waals surface area contributed by atoms with Crippen LogP contribution in [0.4, 0.5) is 11.5 Å². The van der Waals surface area contributed by atoms with Gasteiger partial charge >= 0.3 is 0 Å². The summed E-state index contributed by atoms with van der Waals surface area (Å²) in [6.45, 7) is 0. The first-order valence-electron chi connectivity index (χ1n) is 7.63. The number of anilines is 2. The summed E-state index contributed by atoms with van der Waals surface area (Å²) in [5.41, 5.74) is 9.03. The molecule has 2 N–H and O–H groups in total. The minimum absolute atomic E-state index is 0. The number of pyridine rings is 1. The second-order valence-corrected chi connectivity index (χ2v) is 5.76. The Morgan fingerprint density at radius 3 is 2.28 bits per heavy atom. The third-order valence-electron chi connectivity index (χ3n) is 4.04. The number of benzene rings is 2. The van der Waals surface area contributed by atoms with Gasteiger partial charge in [0.1, 0.15) is 5.82 Å². The first-order chi connectivity index (χ1) is 11.5. The smallest absolute Gasteiger partial charge is 0.161 e. The van der Waals surface area contributed by atoms with Crippen LogP contribution in [0.3, 0.4) is 0 Å². The van der Waals surface area contributed by atoms with E-state index >= 15 is 0 Å². The van der Waals surface area contributed by atoms with Crippen molar-refractivity contribution >= 4 is 34.7 Å². The van der Waals surface area contributed by atoms with Crippen molar-refractivity contribution in [3.05, 3.63) is 42.5 Å². The molecule has 0 aliphatic heterocycles. The van der Waals surface area contributed by atoms with E-state index in [2.05, 4.69) is 23.2 Å². The van der Waals surface area contributed by atoms with E-state index in [-0.39, 0.29) is 12.4 Å². The minimum Gasteiger partial charge on any atom is -0.493 e. The second kappa shape index (κ2) is 7.49. The number of nitrogen functional groups attached to an aromatic ring is 1. The highest BCUT2D eigenvalue weighted by Gasteiger charge is 2.10. The molecule has 0 fully saturated rings. The molecule has 25 heavy (non-hydrogen) atoms. The Labute approximate surface area is 153 Å². The van der Waals surface area contributed by atoms with Crippen LogP contribution in [0.15, 0.2) is 42.5 Å². The lowest BCUT2D eigenvalue weighted by Crippen LogP contribution is -2.08. The van der Waals surface area contributed by atoms with Crippen molar-refractivity contribution in [1.82, 2.24) is 4.98 Å². The number of hydrogen-bond donors (Lipinski definition) is 1. The Hall–Kier alpha value is -2.66. The van der Waals surface area contributed by atoms with Gasteiger partial charge in [0, 0.05) is 30.7 Å². The summed E-state index contributed by atoms with van der Waals surface area (Å²) in [6, 6.07) is 13.9. The van der Waals surface area contributed by atoms with Gasteiger partial charge in [-0.25, -0.2) is 4.98 Å². The van der Waals surface area contributed by atoms with Crippen LogP contribution in [0.25, 0.3) is 22.0 Å². The maximum absolute atomic E-state index is 6.20. The van der Waals surface area contributed by atoms with Crippen molar-refractivity contribution in [3.63, 3.8) is 0 Å². The predicted molar refractivity (Wildman–Crippen MR) is 106 cm³/mol. The van der Waals surface area contributed by atoms with Crippen molar-refractivity contribution in [3.8, 4) is 22.8 Å². The van der Waals surface area contributed by atoms with Crippen LogP contribution in [0.5, 0.6) is 11.5 Å². The molecule has 0 spiro atoms. The van der Waals surface area contributed by atoms with Crippen LogP contribution < -0.4 is 20.1 Å². The lowest BCUT2D eigenvalue weighted by Gasteiger charge is -2.14. The standard InChI is InChI=1S/C19H21N3O2.ClH/c1-22(2)14-7-5-12-9-16(21-19(20)15(12)11-14)13-6-8-17(23-3)18(10-13)24-4;/h5-11H,1-4H3,(H2,20,21);1H. The summed E-state index contributed by atoms with van der Waals surface area (Å²) in [7, 11) is 7.24. The second-order valence-electron chi connectivity index (χ2n) is 5.76. The van der Waals surface area contributed by atoms with Gasteiger partial charge in [-0.1, -0.05) is 6.07 Å². The Bertz CT molecular complexity index is 897. The summed E-state index contributed by atoms with van der Waals surface area (Å²) in [4.78, 5) is 6.61. The quantitative estimate of drug-likeness (QED) is 0.763. The molecular formula is C19H22ClN3O2. The maximum atomic E-state index is 6.20. The molecule has 0 saturated heterocycles. The number of aromatic nitrogens is 1. The zero-order valence-corrected chi connectivity index (χ0v) is 15.6. The molecular weight excluding hydrogens is 338 g/mol. The highest BCUT2D eigenvalue weighted by Crippen LogP contribution is 2.34. The van der Waals surface area contributed by atoms with Gasteiger partial charge in [-0.2, -0.15) is 0 Å². The number of ether oxygens (including phenoxy) is 2. The van der Waals surface area contributed by atoms with Crippen LogP contribution in [0, 0.1) is 0 Å². The van der Waals surface area contributed by atoms with Gasteiger partial charge in [0.2, 0.25) is 0 Å². The molecule has 0 aliphatic carbocycles. The summed E-state index contributed by atoms with van der Waals surface area (Å²) in [5, 5.41) is 2.00. The fourth-order valence-corrected chi connectivity index (χ4v) is 2.68. The molecule has 0 unspecified atom stereocenters. The summed E-state index contributed by atoms with van der Waals surface area (Å²) in [6.07, 6.45) is 0. The molecule has 0 radical (unpaired) electrons. The number of nitrogens with zero attached hydrogens (tertiary/aromatic N) is 2. The maximum Gasteiger partial charge on any atom is 0.161 e. The number of fused-ring (bicyclic) bond motifs is 1. The lowest BCUT2D eigenvalue weighted by molar-refractivity contribution is 0.355. The third-order valence-corrected chi connectivity index (χ3v) is 4.04. The van der Waals surface area contributed by atoms with Gasteiger partial charge < -0.3 is 20.1 Å². The van der Waals surface area contributed by atoms with Gasteiger partial charge in [-0.05, 0) is 41.8 Å². The Kier molecular flexibility index (Phi) is 5.59. The molecule has 1 aromatic heterocycles. The molecule has 5 nitrogen and oxygen atoms in total. The SMILES string of the molecule is COc1ccc(-c2cc3ccc(N(C)C)cc3c(N)n2)cc1OC.Cl. The van der Waals surface area contributed by atoms with Crippen molar-refractivity contribution in [2.24, 2.45) is 0 Å². The van der Waals surface area contributed by atoms with E-state index < -0.39 is 0 Å². The zero-order chi connectivity index (χ0) is 17.3. The molecule has 0 bridgehead atoms. The number of hydrogen-bond acceptors (Lipinski definition) is 5. The first kappa shape index (κ1) is 18.7. The van der Waals surface area contributed by atoms with Crippen LogP contribution in [-0.4, -0.2) is 33.3 Å². The first-order valence-corrected chi connectivity index (χ1v) is 7.63. The molecule has 0 aliphatic rings. The molecule has 2 aromatic carbocycles.